The quantitative estimate of drug-likeness (QED) is 0.186. The molecule has 0 aliphatic carbocycles. The van der Waals surface area contributed by atoms with E-state index in [0.29, 0.717) is 0 Å². The van der Waals surface area contributed by atoms with Crippen LogP contribution in [0.3, 0.4) is 0 Å². The van der Waals surface area contributed by atoms with Crippen LogP contribution in [0.2, 0.25) is 0 Å². The number of nitrogens with zero attached hydrogens (tertiary/aromatic N) is 1. The van der Waals surface area contributed by atoms with E-state index in [1.54, 1.807) is 12.1 Å². The molecule has 1 heterocycles. The highest BCUT2D eigenvalue weighted by Crippen LogP contribution is 2.32. The molecule has 0 radical (unpaired) electrons. The first kappa shape index (κ1) is 23.4. The third-order valence-corrected chi connectivity index (χ3v) is 12.6. The van der Waals surface area contributed by atoms with Gasteiger partial charge in [0.1, 0.15) is 5.82 Å². The Morgan fingerprint density at radius 2 is 0.949 bits per heavy atom. The first-order valence-corrected chi connectivity index (χ1v) is 15.2. The molecule has 3 heteroatoms. The predicted octanol–water partition coefficient (Wildman–Crippen LogP) is 6.30. The lowest BCUT2D eigenvalue weighted by Crippen LogP contribution is -2.75. The summed E-state index contributed by atoms with van der Waals surface area (Å²) in [5.74, 6) is -0.223. The summed E-state index contributed by atoms with van der Waals surface area (Å²) in [6, 6.07) is 54.8. The van der Waals surface area contributed by atoms with Crippen LogP contribution in [0.5, 0.6) is 0 Å². The molecule has 186 valence electrons. The standard InChI is InChI=1S/C36H26FNSi/c37-27-23-25-31(26-24-27)39(29-15-6-2-7-16-29,30-17-8-3-9-18-30)35-22-12-20-33-32-19-10-11-21-34(32)38(36(33)35)28-13-4-1-5-14-28/h1-26H. The Kier molecular flexibility index (Phi) is 5.72. The highest BCUT2D eigenvalue weighted by atomic mass is 28.3. The molecular formula is C36H26FNSi. The van der Waals surface area contributed by atoms with Gasteiger partial charge in [0.25, 0.3) is 0 Å². The number of para-hydroxylation sites is 3. The number of rotatable bonds is 5. The maximum Gasteiger partial charge on any atom is 0.181 e. The second-order valence-corrected chi connectivity index (χ2v) is 13.6. The van der Waals surface area contributed by atoms with Gasteiger partial charge in [0.05, 0.1) is 11.0 Å². The van der Waals surface area contributed by atoms with Crippen molar-refractivity contribution in [3.63, 3.8) is 0 Å². The summed E-state index contributed by atoms with van der Waals surface area (Å²) in [5.41, 5.74) is 3.50. The maximum atomic E-state index is 14.4. The van der Waals surface area contributed by atoms with Crippen molar-refractivity contribution >= 4 is 50.6 Å². The molecule has 0 amide bonds. The van der Waals surface area contributed by atoms with E-state index in [2.05, 4.69) is 138 Å². The zero-order valence-electron chi connectivity index (χ0n) is 21.3. The fourth-order valence-electron chi connectivity index (χ4n) is 6.21. The van der Waals surface area contributed by atoms with Crippen molar-refractivity contribution in [2.45, 2.75) is 0 Å². The van der Waals surface area contributed by atoms with E-state index in [1.807, 2.05) is 12.1 Å². The summed E-state index contributed by atoms with van der Waals surface area (Å²) in [5, 5.41) is 7.40. The third-order valence-electron chi connectivity index (χ3n) is 7.80. The van der Waals surface area contributed by atoms with Crippen LogP contribution in [0.25, 0.3) is 27.5 Å². The number of fused-ring (bicyclic) bond motifs is 3. The first-order valence-electron chi connectivity index (χ1n) is 13.2. The van der Waals surface area contributed by atoms with Gasteiger partial charge in [-0.15, -0.1) is 0 Å². The summed E-state index contributed by atoms with van der Waals surface area (Å²) < 4.78 is 16.8. The summed E-state index contributed by atoms with van der Waals surface area (Å²) in [4.78, 5) is 0. The Morgan fingerprint density at radius 1 is 0.436 bits per heavy atom. The molecule has 0 N–H and O–H groups in total. The average Bonchev–Trinajstić information content (AvgIpc) is 3.35. The van der Waals surface area contributed by atoms with Gasteiger partial charge in [-0.05, 0) is 51.1 Å². The van der Waals surface area contributed by atoms with Gasteiger partial charge in [0.2, 0.25) is 0 Å². The molecule has 1 aromatic heterocycles. The number of halogens is 1. The van der Waals surface area contributed by atoms with E-state index in [1.165, 1.54) is 37.4 Å². The van der Waals surface area contributed by atoms with Crippen molar-refractivity contribution in [1.82, 2.24) is 4.57 Å². The second-order valence-electron chi connectivity index (χ2n) is 9.88. The van der Waals surface area contributed by atoms with Crippen LogP contribution in [0.4, 0.5) is 4.39 Å². The molecule has 0 aliphatic heterocycles. The molecule has 0 bridgehead atoms. The molecule has 0 fully saturated rings. The molecule has 39 heavy (non-hydrogen) atoms. The van der Waals surface area contributed by atoms with Crippen LogP contribution in [0.15, 0.2) is 158 Å². The van der Waals surface area contributed by atoms with E-state index in [0.717, 1.165) is 10.9 Å². The van der Waals surface area contributed by atoms with Crippen LogP contribution in [-0.4, -0.2) is 12.6 Å². The maximum absolute atomic E-state index is 14.4. The minimum atomic E-state index is -2.90. The van der Waals surface area contributed by atoms with Gasteiger partial charge in [-0.3, -0.25) is 0 Å². The number of benzene rings is 6. The molecule has 6 aromatic carbocycles. The largest absolute Gasteiger partial charge is 0.309 e. The molecule has 0 saturated carbocycles. The lowest BCUT2D eigenvalue weighted by atomic mass is 10.1. The predicted molar refractivity (Wildman–Crippen MR) is 164 cm³/mol. The number of hydrogen-bond donors (Lipinski definition) is 0. The number of hydrogen-bond acceptors (Lipinski definition) is 0. The summed E-state index contributed by atoms with van der Waals surface area (Å²) in [7, 11) is -2.90. The smallest absolute Gasteiger partial charge is 0.181 e. The Labute approximate surface area is 228 Å². The molecule has 0 spiro atoms. The highest BCUT2D eigenvalue weighted by molar-refractivity contribution is 7.20. The van der Waals surface area contributed by atoms with Gasteiger partial charge in [-0.1, -0.05) is 127 Å². The normalized spacial score (nSPS) is 11.7. The zero-order valence-corrected chi connectivity index (χ0v) is 22.3. The lowest BCUT2D eigenvalue weighted by molar-refractivity contribution is 0.628. The Bertz CT molecular complexity index is 1850. The lowest BCUT2D eigenvalue weighted by Gasteiger charge is -2.35. The minimum absolute atomic E-state index is 0.223. The molecule has 7 aromatic rings. The monoisotopic (exact) mass is 519 g/mol. The number of aromatic nitrogens is 1. The van der Waals surface area contributed by atoms with Crippen molar-refractivity contribution < 1.29 is 4.39 Å². The van der Waals surface area contributed by atoms with Crippen LogP contribution in [-0.2, 0) is 0 Å². The van der Waals surface area contributed by atoms with Crippen LogP contribution in [0, 0.1) is 5.82 Å². The second kappa shape index (κ2) is 9.54. The van der Waals surface area contributed by atoms with Crippen LogP contribution < -0.4 is 20.7 Å². The van der Waals surface area contributed by atoms with Crippen molar-refractivity contribution in [2.24, 2.45) is 0 Å². The van der Waals surface area contributed by atoms with E-state index in [-0.39, 0.29) is 5.82 Å². The van der Waals surface area contributed by atoms with E-state index >= 15 is 0 Å². The topological polar surface area (TPSA) is 4.93 Å². The molecular weight excluding hydrogens is 493 g/mol. The summed E-state index contributed by atoms with van der Waals surface area (Å²) >= 11 is 0. The van der Waals surface area contributed by atoms with E-state index in [4.69, 9.17) is 0 Å². The summed E-state index contributed by atoms with van der Waals surface area (Å²) in [6.07, 6.45) is 0. The molecule has 0 aliphatic rings. The Balaban J connectivity index is 1.73. The fourth-order valence-corrected chi connectivity index (χ4v) is 11.1. The van der Waals surface area contributed by atoms with E-state index in [9.17, 15) is 4.39 Å². The molecule has 0 unspecified atom stereocenters. The molecule has 1 nitrogen and oxygen atoms in total. The Morgan fingerprint density at radius 3 is 1.59 bits per heavy atom. The molecule has 0 atom stereocenters. The minimum Gasteiger partial charge on any atom is -0.309 e. The van der Waals surface area contributed by atoms with Crippen LogP contribution in [0.1, 0.15) is 0 Å². The van der Waals surface area contributed by atoms with Crippen molar-refractivity contribution in [1.29, 1.82) is 0 Å². The van der Waals surface area contributed by atoms with Gasteiger partial charge in [0.15, 0.2) is 8.07 Å². The van der Waals surface area contributed by atoms with Gasteiger partial charge < -0.3 is 4.57 Å². The Hall–Kier alpha value is -4.73. The van der Waals surface area contributed by atoms with E-state index < -0.39 is 8.07 Å². The van der Waals surface area contributed by atoms with Gasteiger partial charge in [-0.25, -0.2) is 4.39 Å². The van der Waals surface area contributed by atoms with Gasteiger partial charge in [-0.2, -0.15) is 0 Å². The fraction of sp³-hybridized carbons (Fsp3) is 0. The molecule has 7 rings (SSSR count). The molecule has 0 saturated heterocycles. The average molecular weight is 520 g/mol. The van der Waals surface area contributed by atoms with Gasteiger partial charge >= 0.3 is 0 Å². The van der Waals surface area contributed by atoms with Crippen molar-refractivity contribution in [2.75, 3.05) is 0 Å². The SMILES string of the molecule is Fc1ccc([Si](c2ccccc2)(c2ccccc2)c2cccc3c4ccccc4n(-c4ccccc4)c23)cc1. The third kappa shape index (κ3) is 3.66. The van der Waals surface area contributed by atoms with Crippen LogP contribution >= 0.6 is 0 Å². The van der Waals surface area contributed by atoms with Crippen molar-refractivity contribution in [3.8, 4) is 5.69 Å². The van der Waals surface area contributed by atoms with Gasteiger partial charge in [0, 0.05) is 16.5 Å². The zero-order chi connectivity index (χ0) is 26.2. The van der Waals surface area contributed by atoms with Crippen molar-refractivity contribution in [3.05, 3.63) is 164 Å². The summed E-state index contributed by atoms with van der Waals surface area (Å²) in [6.45, 7) is 0. The highest BCUT2D eigenvalue weighted by Gasteiger charge is 2.43. The first-order chi connectivity index (χ1) is 19.3.